The number of nitriles is 1. The van der Waals surface area contributed by atoms with Crippen LogP contribution >= 0.6 is 0 Å². The summed E-state index contributed by atoms with van der Waals surface area (Å²) in [5, 5.41) is 18.1. The summed E-state index contributed by atoms with van der Waals surface area (Å²) in [6.45, 7) is 3.78. The van der Waals surface area contributed by atoms with E-state index < -0.39 is 11.5 Å². The Morgan fingerprint density at radius 2 is 1.70 bits per heavy atom. The van der Waals surface area contributed by atoms with Gasteiger partial charge in [0.25, 0.3) is 5.91 Å². The topological polar surface area (TPSA) is 101 Å². The average molecular weight is 487 g/mol. The molecule has 0 saturated carbocycles. The second kappa shape index (κ2) is 9.80. The molecule has 0 aliphatic carbocycles. The Bertz CT molecular complexity index is 1750. The second-order valence-electron chi connectivity index (χ2n) is 8.59. The van der Waals surface area contributed by atoms with Gasteiger partial charge in [-0.3, -0.25) is 4.79 Å². The summed E-state index contributed by atoms with van der Waals surface area (Å²) in [5.74, 6) is -0.552. The molecule has 3 aromatic carbocycles. The van der Waals surface area contributed by atoms with Gasteiger partial charge in [-0.05, 0) is 55.3 Å². The van der Waals surface area contributed by atoms with Gasteiger partial charge in [-0.2, -0.15) is 10.4 Å². The Morgan fingerprint density at radius 3 is 2.43 bits per heavy atom. The molecule has 0 spiro atoms. The molecule has 1 amide bonds. The van der Waals surface area contributed by atoms with Crippen molar-refractivity contribution in [2.45, 2.75) is 13.8 Å². The zero-order valence-corrected chi connectivity index (χ0v) is 20.2. The Hall–Kier alpha value is -5.22. The van der Waals surface area contributed by atoms with Gasteiger partial charge in [0.1, 0.15) is 22.9 Å². The van der Waals surface area contributed by atoms with Crippen molar-refractivity contribution in [3.05, 3.63) is 118 Å². The zero-order chi connectivity index (χ0) is 25.9. The minimum absolute atomic E-state index is 0.123. The lowest BCUT2D eigenvalue weighted by atomic mass is 10.1. The summed E-state index contributed by atoms with van der Waals surface area (Å²) in [6, 6.07) is 25.9. The Morgan fingerprint density at radius 1 is 1.00 bits per heavy atom. The molecule has 2 heterocycles. The van der Waals surface area contributed by atoms with Crippen LogP contribution in [0.4, 0.5) is 5.69 Å². The molecule has 0 unspecified atom stereocenters. The van der Waals surface area contributed by atoms with Crippen LogP contribution in [0.1, 0.15) is 16.7 Å². The summed E-state index contributed by atoms with van der Waals surface area (Å²) < 4.78 is 7.14. The van der Waals surface area contributed by atoms with Gasteiger partial charge in [-0.1, -0.05) is 54.6 Å². The zero-order valence-electron chi connectivity index (χ0n) is 20.2. The molecular weight excluding hydrogens is 464 g/mol. The number of aryl methyl sites for hydroxylation is 2. The number of fused-ring (bicyclic) bond motifs is 1. The normalized spacial score (nSPS) is 11.3. The van der Waals surface area contributed by atoms with Gasteiger partial charge in [-0.15, -0.1) is 0 Å². The predicted molar refractivity (Wildman–Crippen MR) is 143 cm³/mol. The number of hydrogen-bond donors (Lipinski definition) is 1. The van der Waals surface area contributed by atoms with Gasteiger partial charge in [-0.25, -0.2) is 9.48 Å². The third-order valence-corrected chi connectivity index (χ3v) is 6.04. The van der Waals surface area contributed by atoms with Crippen molar-refractivity contribution in [3.63, 3.8) is 0 Å². The van der Waals surface area contributed by atoms with Gasteiger partial charge >= 0.3 is 5.63 Å². The molecule has 0 aliphatic heterocycles. The molecule has 0 atom stereocenters. The number of nitrogens with zero attached hydrogens (tertiary/aromatic N) is 3. The van der Waals surface area contributed by atoms with Crippen LogP contribution in [0.5, 0.6) is 0 Å². The fourth-order valence-electron chi connectivity index (χ4n) is 4.14. The second-order valence-corrected chi connectivity index (χ2v) is 8.59. The van der Waals surface area contributed by atoms with E-state index in [4.69, 9.17) is 4.42 Å². The van der Waals surface area contributed by atoms with Crippen molar-refractivity contribution < 1.29 is 9.21 Å². The highest BCUT2D eigenvalue weighted by Gasteiger charge is 2.19. The van der Waals surface area contributed by atoms with Crippen LogP contribution in [-0.4, -0.2) is 15.7 Å². The van der Waals surface area contributed by atoms with Crippen LogP contribution in [-0.2, 0) is 4.79 Å². The first-order chi connectivity index (χ1) is 17.9. The van der Waals surface area contributed by atoms with Crippen LogP contribution < -0.4 is 10.9 Å². The van der Waals surface area contributed by atoms with E-state index in [2.05, 4.69) is 10.4 Å². The van der Waals surface area contributed by atoms with Crippen molar-refractivity contribution in [2.24, 2.45) is 0 Å². The summed E-state index contributed by atoms with van der Waals surface area (Å²) in [5.41, 5.74) is 3.92. The Labute approximate surface area is 212 Å². The third kappa shape index (κ3) is 4.68. The highest BCUT2D eigenvalue weighted by molar-refractivity contribution is 6.10. The molecule has 5 rings (SSSR count). The SMILES string of the molecule is Cc1cccc(C)c1NC(=O)/C(C#N)=C\c1cn(-c2ccccc2)nc1-c1cc2ccccc2oc1=O. The number of anilines is 1. The summed E-state index contributed by atoms with van der Waals surface area (Å²) >= 11 is 0. The molecule has 1 N–H and O–H groups in total. The summed E-state index contributed by atoms with van der Waals surface area (Å²) in [7, 11) is 0. The molecular formula is C30H22N4O3. The highest BCUT2D eigenvalue weighted by atomic mass is 16.4. The molecule has 7 nitrogen and oxygen atoms in total. The summed E-state index contributed by atoms with van der Waals surface area (Å²) in [6.07, 6.45) is 3.13. The van der Waals surface area contributed by atoms with Gasteiger partial charge in [0.2, 0.25) is 0 Å². The van der Waals surface area contributed by atoms with Crippen LogP contribution in [0, 0.1) is 25.2 Å². The van der Waals surface area contributed by atoms with E-state index in [1.807, 2.05) is 80.6 Å². The van der Waals surface area contributed by atoms with Crippen molar-refractivity contribution in [1.29, 1.82) is 5.26 Å². The van der Waals surface area contributed by atoms with Gasteiger partial charge in [0.05, 0.1) is 11.3 Å². The van der Waals surface area contributed by atoms with E-state index >= 15 is 0 Å². The minimum Gasteiger partial charge on any atom is -0.422 e. The van der Waals surface area contributed by atoms with E-state index in [9.17, 15) is 14.9 Å². The maximum Gasteiger partial charge on any atom is 0.345 e. The number of carbonyl (C=O) groups is 1. The van der Waals surface area contributed by atoms with Crippen LogP contribution in [0.3, 0.4) is 0 Å². The fraction of sp³-hybridized carbons (Fsp3) is 0.0667. The predicted octanol–water partition coefficient (Wildman–Crippen LogP) is 5.81. The van der Waals surface area contributed by atoms with Crippen molar-refractivity contribution in [3.8, 4) is 23.0 Å². The first-order valence-electron chi connectivity index (χ1n) is 11.6. The van der Waals surface area contributed by atoms with Crippen molar-refractivity contribution in [1.82, 2.24) is 9.78 Å². The largest absolute Gasteiger partial charge is 0.422 e. The quantitative estimate of drug-likeness (QED) is 0.192. The van der Waals surface area contributed by atoms with Crippen molar-refractivity contribution >= 4 is 28.6 Å². The highest BCUT2D eigenvalue weighted by Crippen LogP contribution is 2.27. The molecule has 180 valence electrons. The van der Waals surface area contributed by atoms with Gasteiger partial charge < -0.3 is 9.73 Å². The average Bonchev–Trinajstić information content (AvgIpc) is 3.33. The van der Waals surface area contributed by atoms with E-state index in [-0.39, 0.29) is 11.1 Å². The number of benzene rings is 3. The Balaban J connectivity index is 1.64. The maximum absolute atomic E-state index is 13.1. The minimum atomic E-state index is -0.565. The molecule has 37 heavy (non-hydrogen) atoms. The molecule has 0 bridgehead atoms. The lowest BCUT2D eigenvalue weighted by Crippen LogP contribution is -2.15. The first-order valence-corrected chi connectivity index (χ1v) is 11.6. The van der Waals surface area contributed by atoms with Gasteiger partial charge in [0.15, 0.2) is 0 Å². The van der Waals surface area contributed by atoms with Gasteiger partial charge in [0, 0.05) is 22.8 Å². The maximum atomic E-state index is 13.1. The fourth-order valence-corrected chi connectivity index (χ4v) is 4.14. The number of para-hydroxylation sites is 3. The molecule has 5 aromatic rings. The number of nitrogens with one attached hydrogen (secondary N) is 1. The molecule has 0 saturated heterocycles. The number of rotatable bonds is 5. The van der Waals surface area contributed by atoms with Crippen molar-refractivity contribution in [2.75, 3.05) is 5.32 Å². The van der Waals surface area contributed by atoms with E-state index in [0.29, 0.717) is 22.5 Å². The standard InChI is InChI=1S/C30H22N4O3/c1-19-9-8-10-20(2)27(19)32-29(35)22(17-31)15-23-18-34(24-12-4-3-5-13-24)33-28(23)25-16-21-11-6-7-14-26(21)37-30(25)36/h3-16,18H,1-2H3,(H,32,35)/b22-15-. The molecule has 7 heteroatoms. The molecule has 0 fully saturated rings. The first kappa shape index (κ1) is 23.5. The monoisotopic (exact) mass is 486 g/mol. The van der Waals surface area contributed by atoms with E-state index in [1.54, 1.807) is 29.1 Å². The smallest absolute Gasteiger partial charge is 0.345 e. The van der Waals surface area contributed by atoms with E-state index in [1.165, 1.54) is 6.08 Å². The van der Waals surface area contributed by atoms with Crippen LogP contribution in [0.25, 0.3) is 34.0 Å². The summed E-state index contributed by atoms with van der Waals surface area (Å²) in [4.78, 5) is 26.1. The molecule has 2 aromatic heterocycles. The number of aromatic nitrogens is 2. The molecule has 0 aliphatic rings. The number of amides is 1. The number of hydrogen-bond acceptors (Lipinski definition) is 5. The van der Waals surface area contributed by atoms with Crippen LogP contribution in [0.15, 0.2) is 99.8 Å². The molecule has 0 radical (unpaired) electrons. The van der Waals surface area contributed by atoms with Crippen LogP contribution in [0.2, 0.25) is 0 Å². The lowest BCUT2D eigenvalue weighted by Gasteiger charge is -2.10. The van der Waals surface area contributed by atoms with E-state index in [0.717, 1.165) is 22.2 Å². The lowest BCUT2D eigenvalue weighted by molar-refractivity contribution is -0.112. The third-order valence-electron chi connectivity index (χ3n) is 6.04. The Kier molecular flexibility index (Phi) is 6.23. The number of carbonyl (C=O) groups excluding carboxylic acids is 1.